The maximum Gasteiger partial charge on any atom is 0.338 e. The third kappa shape index (κ3) is 2.81. The van der Waals surface area contributed by atoms with E-state index in [1.54, 1.807) is 0 Å². The Kier molecular flexibility index (Phi) is 3.94. The summed E-state index contributed by atoms with van der Waals surface area (Å²) < 4.78 is 13.3. The molecule has 0 saturated heterocycles. The van der Waals surface area contributed by atoms with Gasteiger partial charge < -0.3 is 5.11 Å². The molecule has 7 heteroatoms. The van der Waals surface area contributed by atoms with Crippen LogP contribution in [0.4, 0.5) is 4.39 Å². The van der Waals surface area contributed by atoms with Crippen LogP contribution in [0.2, 0.25) is 15.1 Å². The van der Waals surface area contributed by atoms with Crippen molar-refractivity contribution in [3.63, 3.8) is 0 Å². The van der Waals surface area contributed by atoms with Gasteiger partial charge in [-0.25, -0.2) is 9.18 Å². The molecule has 0 aliphatic rings. The van der Waals surface area contributed by atoms with E-state index in [4.69, 9.17) is 39.9 Å². The minimum Gasteiger partial charge on any atom is -0.478 e. The number of pyridine rings is 1. The quantitative estimate of drug-likeness (QED) is 0.883. The van der Waals surface area contributed by atoms with Crippen LogP contribution in [0.1, 0.15) is 10.4 Å². The number of carboxylic acids is 1. The van der Waals surface area contributed by atoms with Crippen LogP contribution in [0.3, 0.4) is 0 Å². The monoisotopic (exact) mass is 319 g/mol. The zero-order valence-corrected chi connectivity index (χ0v) is 11.4. The van der Waals surface area contributed by atoms with Crippen LogP contribution in [0, 0.1) is 5.82 Å². The van der Waals surface area contributed by atoms with Gasteiger partial charge in [-0.3, -0.25) is 4.98 Å². The molecule has 2 rings (SSSR count). The van der Waals surface area contributed by atoms with Gasteiger partial charge in [-0.05, 0) is 18.2 Å². The van der Waals surface area contributed by atoms with E-state index in [1.807, 2.05) is 0 Å². The summed E-state index contributed by atoms with van der Waals surface area (Å²) in [4.78, 5) is 14.7. The number of nitrogens with zero attached hydrogens (tertiary/aromatic N) is 1. The molecule has 1 aromatic carbocycles. The average Bonchev–Trinajstić information content (AvgIpc) is 2.29. The molecule has 1 aromatic heterocycles. The lowest BCUT2D eigenvalue weighted by Gasteiger charge is -2.08. The maximum atomic E-state index is 13.3. The fraction of sp³-hybridized carbons (Fsp3) is 0. The largest absolute Gasteiger partial charge is 0.478 e. The number of aromatic carboxylic acids is 1. The normalized spacial score (nSPS) is 10.5. The highest BCUT2D eigenvalue weighted by atomic mass is 35.5. The van der Waals surface area contributed by atoms with Crippen molar-refractivity contribution in [1.82, 2.24) is 4.98 Å². The van der Waals surface area contributed by atoms with E-state index in [9.17, 15) is 9.18 Å². The van der Waals surface area contributed by atoms with E-state index in [0.29, 0.717) is 10.6 Å². The van der Waals surface area contributed by atoms with Crippen LogP contribution in [0.5, 0.6) is 0 Å². The Labute approximate surface area is 122 Å². The number of benzene rings is 1. The van der Waals surface area contributed by atoms with Crippen LogP contribution < -0.4 is 0 Å². The number of hydrogen-bond donors (Lipinski definition) is 1. The third-order valence-corrected chi connectivity index (χ3v) is 3.16. The van der Waals surface area contributed by atoms with Gasteiger partial charge in [0.1, 0.15) is 0 Å². The standard InChI is InChI=1S/C12H5Cl3FNO2/c13-5-1-7(14)11(8(15)2-5)10-3-6(12(18)19)9(16)4-17-10/h1-4H,(H,18,19). The summed E-state index contributed by atoms with van der Waals surface area (Å²) in [6.07, 6.45) is 0.806. The topological polar surface area (TPSA) is 50.2 Å². The fourth-order valence-corrected chi connectivity index (χ4v) is 2.54. The van der Waals surface area contributed by atoms with Crippen molar-refractivity contribution >= 4 is 40.8 Å². The summed E-state index contributed by atoms with van der Waals surface area (Å²) in [7, 11) is 0. The van der Waals surface area contributed by atoms with Gasteiger partial charge in [-0.15, -0.1) is 0 Å². The summed E-state index contributed by atoms with van der Waals surface area (Å²) in [5.74, 6) is -2.33. The van der Waals surface area contributed by atoms with E-state index >= 15 is 0 Å². The van der Waals surface area contributed by atoms with Crippen LogP contribution in [0.15, 0.2) is 24.4 Å². The summed E-state index contributed by atoms with van der Waals surface area (Å²) in [6, 6.07) is 3.95. The van der Waals surface area contributed by atoms with Crippen LogP contribution in [-0.2, 0) is 0 Å². The molecule has 0 radical (unpaired) electrons. The first kappa shape index (κ1) is 14.1. The van der Waals surface area contributed by atoms with Gasteiger partial charge in [0.05, 0.1) is 27.5 Å². The molecule has 0 atom stereocenters. The van der Waals surface area contributed by atoms with Gasteiger partial charge in [-0.2, -0.15) is 0 Å². The molecule has 0 amide bonds. The third-order valence-electron chi connectivity index (χ3n) is 2.35. The molecular weight excluding hydrogens is 315 g/mol. The summed E-state index contributed by atoms with van der Waals surface area (Å²) in [5.41, 5.74) is -0.0483. The van der Waals surface area contributed by atoms with Crippen molar-refractivity contribution in [2.24, 2.45) is 0 Å². The second kappa shape index (κ2) is 5.33. The fourth-order valence-electron chi connectivity index (χ4n) is 1.53. The minimum absolute atomic E-state index is 0.158. The Morgan fingerprint density at radius 3 is 2.26 bits per heavy atom. The Morgan fingerprint density at radius 1 is 1.16 bits per heavy atom. The molecular formula is C12H5Cl3FNO2. The number of hydrogen-bond acceptors (Lipinski definition) is 2. The average molecular weight is 321 g/mol. The van der Waals surface area contributed by atoms with Crippen molar-refractivity contribution < 1.29 is 14.3 Å². The first-order chi connectivity index (χ1) is 8.90. The molecule has 0 spiro atoms. The molecule has 3 nitrogen and oxygen atoms in total. The zero-order valence-electron chi connectivity index (χ0n) is 9.12. The highest BCUT2D eigenvalue weighted by molar-refractivity contribution is 6.41. The Morgan fingerprint density at radius 2 is 1.74 bits per heavy atom. The molecule has 1 N–H and O–H groups in total. The molecule has 98 valence electrons. The van der Waals surface area contributed by atoms with Crippen LogP contribution in [0.25, 0.3) is 11.3 Å². The zero-order chi connectivity index (χ0) is 14.2. The molecule has 2 aromatic rings. The number of aromatic nitrogens is 1. The smallest absolute Gasteiger partial charge is 0.338 e. The second-order valence-electron chi connectivity index (χ2n) is 3.60. The van der Waals surface area contributed by atoms with Crippen molar-refractivity contribution in [3.8, 4) is 11.3 Å². The molecule has 0 saturated carbocycles. The maximum absolute atomic E-state index is 13.3. The van der Waals surface area contributed by atoms with Crippen molar-refractivity contribution in [3.05, 3.63) is 50.8 Å². The van der Waals surface area contributed by atoms with Gasteiger partial charge in [-0.1, -0.05) is 34.8 Å². The van der Waals surface area contributed by atoms with Crippen molar-refractivity contribution in [1.29, 1.82) is 0 Å². The van der Waals surface area contributed by atoms with Crippen LogP contribution >= 0.6 is 34.8 Å². The first-order valence-electron chi connectivity index (χ1n) is 4.94. The number of rotatable bonds is 2. The van der Waals surface area contributed by atoms with Gasteiger partial charge >= 0.3 is 5.97 Å². The number of halogens is 4. The lowest BCUT2D eigenvalue weighted by atomic mass is 10.1. The van der Waals surface area contributed by atoms with Gasteiger partial charge in [0.25, 0.3) is 0 Å². The van der Waals surface area contributed by atoms with Crippen LogP contribution in [-0.4, -0.2) is 16.1 Å². The van der Waals surface area contributed by atoms with E-state index in [0.717, 1.165) is 12.3 Å². The molecule has 0 bridgehead atoms. The van der Waals surface area contributed by atoms with Crippen molar-refractivity contribution in [2.75, 3.05) is 0 Å². The Balaban J connectivity index is 2.66. The highest BCUT2D eigenvalue weighted by Crippen LogP contribution is 2.36. The summed E-state index contributed by atoms with van der Waals surface area (Å²) >= 11 is 17.8. The minimum atomic E-state index is -1.40. The number of carboxylic acid groups (broad SMARTS) is 1. The first-order valence-corrected chi connectivity index (χ1v) is 6.07. The lowest BCUT2D eigenvalue weighted by Crippen LogP contribution is -2.02. The highest BCUT2D eigenvalue weighted by Gasteiger charge is 2.16. The van der Waals surface area contributed by atoms with E-state index in [-0.39, 0.29) is 15.7 Å². The van der Waals surface area contributed by atoms with Gasteiger partial charge in [0.2, 0.25) is 0 Å². The molecule has 1 heterocycles. The molecule has 0 aliphatic heterocycles. The van der Waals surface area contributed by atoms with Gasteiger partial charge in [0, 0.05) is 10.6 Å². The second-order valence-corrected chi connectivity index (χ2v) is 4.85. The predicted molar refractivity (Wildman–Crippen MR) is 71.6 cm³/mol. The number of carbonyl (C=O) groups is 1. The Hall–Kier alpha value is -1.36. The molecule has 0 aliphatic carbocycles. The van der Waals surface area contributed by atoms with E-state index in [2.05, 4.69) is 4.98 Å². The van der Waals surface area contributed by atoms with Gasteiger partial charge in [0.15, 0.2) is 5.82 Å². The van der Waals surface area contributed by atoms with E-state index < -0.39 is 17.3 Å². The summed E-state index contributed by atoms with van der Waals surface area (Å²) in [6.45, 7) is 0. The molecule has 0 unspecified atom stereocenters. The lowest BCUT2D eigenvalue weighted by molar-refractivity contribution is 0.0691. The SMILES string of the molecule is O=C(O)c1cc(-c2c(Cl)cc(Cl)cc2Cl)ncc1F. The van der Waals surface area contributed by atoms with Crippen molar-refractivity contribution in [2.45, 2.75) is 0 Å². The summed E-state index contributed by atoms with van der Waals surface area (Å²) in [5, 5.41) is 9.60. The van der Waals surface area contributed by atoms with E-state index in [1.165, 1.54) is 12.1 Å². The molecule has 19 heavy (non-hydrogen) atoms. The predicted octanol–water partition coefficient (Wildman–Crippen LogP) is 4.55. The molecule has 0 fully saturated rings. The Bertz CT molecular complexity index is 653.